The molecule has 2 aliphatic rings. The van der Waals surface area contributed by atoms with Crippen molar-refractivity contribution < 1.29 is 14.3 Å². The number of fused-ring (bicyclic) bond motifs is 6. The first-order valence-electron chi connectivity index (χ1n) is 13.5. The van der Waals surface area contributed by atoms with E-state index in [1.54, 1.807) is 0 Å². The summed E-state index contributed by atoms with van der Waals surface area (Å²) in [5.74, 6) is 0.971. The van der Waals surface area contributed by atoms with E-state index in [0.717, 1.165) is 51.4 Å². The molecule has 5 aromatic rings. The average molecular weight is 525 g/mol. The molecule has 0 aliphatic carbocycles. The first-order chi connectivity index (χ1) is 19.5. The highest BCUT2D eigenvalue weighted by Crippen LogP contribution is 2.57. The maximum absolute atomic E-state index is 13.3. The topological polar surface area (TPSA) is 59.6 Å². The van der Waals surface area contributed by atoms with Crippen molar-refractivity contribution in [1.82, 2.24) is 0 Å². The molecule has 40 heavy (non-hydrogen) atoms. The molecule has 1 unspecified atom stereocenters. The van der Waals surface area contributed by atoms with Crippen LogP contribution in [0.4, 0.5) is 22.7 Å². The van der Waals surface area contributed by atoms with Crippen LogP contribution < -0.4 is 15.4 Å². The maximum Gasteiger partial charge on any atom is 0.340 e. The van der Waals surface area contributed by atoms with Gasteiger partial charge in [-0.1, -0.05) is 55.5 Å². The third kappa shape index (κ3) is 3.82. The second-order valence-electron chi connectivity index (χ2n) is 10.3. The summed E-state index contributed by atoms with van der Waals surface area (Å²) in [5, 5.41) is 7.01. The Kier molecular flexibility index (Phi) is 5.60. The Hall–Kier alpha value is -5.03. The Balaban J connectivity index is 1.37. The monoisotopic (exact) mass is 524 g/mol. The number of carbonyl (C=O) groups is 1. The van der Waals surface area contributed by atoms with E-state index in [0.29, 0.717) is 17.1 Å². The molecule has 1 spiro atoms. The predicted molar refractivity (Wildman–Crippen MR) is 158 cm³/mol. The van der Waals surface area contributed by atoms with Crippen molar-refractivity contribution in [2.24, 2.45) is 0 Å². The molecule has 0 saturated carbocycles. The van der Waals surface area contributed by atoms with Gasteiger partial charge in [0.1, 0.15) is 11.5 Å². The fourth-order valence-electron chi connectivity index (χ4n) is 5.70. The Morgan fingerprint density at radius 3 is 2.17 bits per heavy atom. The molecule has 7 rings (SSSR count). The molecular formula is C35H28N2O3. The van der Waals surface area contributed by atoms with Gasteiger partial charge < -0.3 is 20.1 Å². The number of hydrogen-bond acceptors (Lipinski definition) is 5. The van der Waals surface area contributed by atoms with E-state index < -0.39 is 5.60 Å². The number of aryl methyl sites for hydroxylation is 2. The molecule has 0 amide bonds. The largest absolute Gasteiger partial charge is 0.456 e. The standard InChI is InChI=1S/C35H28N2O3/c1-3-23-13-15-25(16-14-23)36-26-17-18-29-33(20-26)39-32-19-22(2)31(37-24-9-5-4-6-10-24)21-30(32)35(29)28-12-8-7-11-27(28)34(38)40-35/h4-21,36-37H,3H2,1-2H3. The van der Waals surface area contributed by atoms with Crippen molar-refractivity contribution in [3.05, 3.63) is 143 Å². The number of benzene rings is 5. The molecule has 2 heterocycles. The molecule has 0 radical (unpaired) electrons. The van der Waals surface area contributed by atoms with Gasteiger partial charge >= 0.3 is 5.97 Å². The van der Waals surface area contributed by atoms with Crippen LogP contribution in [0.15, 0.2) is 109 Å². The number of carbonyl (C=O) groups excluding carboxylic acids is 1. The molecule has 1 atom stereocenters. The van der Waals surface area contributed by atoms with E-state index in [9.17, 15) is 4.79 Å². The molecule has 5 nitrogen and oxygen atoms in total. The Bertz CT molecular complexity index is 1760. The predicted octanol–water partition coefficient (Wildman–Crippen LogP) is 8.61. The zero-order valence-electron chi connectivity index (χ0n) is 22.3. The SMILES string of the molecule is CCc1ccc(Nc2ccc3c(c2)Oc2cc(C)c(Nc4ccccc4)cc2C32OC(=O)c3ccccc32)cc1. The van der Waals surface area contributed by atoms with E-state index in [2.05, 4.69) is 47.9 Å². The highest BCUT2D eigenvalue weighted by atomic mass is 16.6. The fraction of sp³-hybridized carbons (Fsp3) is 0.114. The van der Waals surface area contributed by atoms with E-state index in [1.807, 2.05) is 85.8 Å². The van der Waals surface area contributed by atoms with Crippen LogP contribution in [-0.4, -0.2) is 5.97 Å². The van der Waals surface area contributed by atoms with Crippen LogP contribution in [0.5, 0.6) is 11.5 Å². The van der Waals surface area contributed by atoms with Gasteiger partial charge in [0.05, 0.1) is 5.56 Å². The van der Waals surface area contributed by atoms with E-state index in [-0.39, 0.29) is 5.97 Å². The lowest BCUT2D eigenvalue weighted by Gasteiger charge is -2.37. The number of anilines is 4. The average Bonchev–Trinajstić information content (AvgIpc) is 3.27. The van der Waals surface area contributed by atoms with Gasteiger partial charge in [0.25, 0.3) is 0 Å². The van der Waals surface area contributed by atoms with Gasteiger partial charge in [-0.2, -0.15) is 0 Å². The van der Waals surface area contributed by atoms with Crippen LogP contribution in [-0.2, 0) is 16.8 Å². The van der Waals surface area contributed by atoms with Crippen LogP contribution in [0.2, 0.25) is 0 Å². The van der Waals surface area contributed by atoms with Crippen molar-refractivity contribution in [3.63, 3.8) is 0 Å². The lowest BCUT2D eigenvalue weighted by Crippen LogP contribution is -2.33. The summed E-state index contributed by atoms with van der Waals surface area (Å²) in [4.78, 5) is 13.3. The second kappa shape index (κ2) is 9.31. The van der Waals surface area contributed by atoms with Crippen molar-refractivity contribution in [1.29, 1.82) is 0 Å². The summed E-state index contributed by atoms with van der Waals surface area (Å²) in [5.41, 5.74) is 7.92. The molecule has 0 aromatic heterocycles. The Morgan fingerprint density at radius 2 is 1.38 bits per heavy atom. The number of hydrogen-bond donors (Lipinski definition) is 2. The number of ether oxygens (including phenoxy) is 2. The minimum absolute atomic E-state index is 0.342. The highest BCUT2D eigenvalue weighted by Gasteiger charge is 2.53. The van der Waals surface area contributed by atoms with Gasteiger partial charge in [0, 0.05) is 45.5 Å². The molecular weight excluding hydrogens is 496 g/mol. The summed E-state index contributed by atoms with van der Waals surface area (Å²) < 4.78 is 12.9. The smallest absolute Gasteiger partial charge is 0.340 e. The number of nitrogens with one attached hydrogen (secondary N) is 2. The van der Waals surface area contributed by atoms with Crippen molar-refractivity contribution in [2.75, 3.05) is 10.6 Å². The second-order valence-corrected chi connectivity index (χ2v) is 10.3. The minimum Gasteiger partial charge on any atom is -0.456 e. The van der Waals surface area contributed by atoms with Gasteiger partial charge in [-0.25, -0.2) is 4.79 Å². The van der Waals surface area contributed by atoms with Gasteiger partial charge in [0.2, 0.25) is 0 Å². The van der Waals surface area contributed by atoms with Gasteiger partial charge in [-0.3, -0.25) is 0 Å². The molecule has 2 aliphatic heterocycles. The molecule has 5 heteroatoms. The van der Waals surface area contributed by atoms with Crippen LogP contribution in [0.1, 0.15) is 45.1 Å². The first kappa shape index (κ1) is 24.0. The number of esters is 1. The quantitative estimate of drug-likeness (QED) is 0.225. The summed E-state index contributed by atoms with van der Waals surface area (Å²) in [6, 6.07) is 36.1. The van der Waals surface area contributed by atoms with E-state index in [1.165, 1.54) is 5.56 Å². The summed E-state index contributed by atoms with van der Waals surface area (Å²) in [6.45, 7) is 4.19. The lowest BCUT2D eigenvalue weighted by atomic mass is 9.77. The zero-order chi connectivity index (χ0) is 27.3. The fourth-order valence-corrected chi connectivity index (χ4v) is 5.70. The van der Waals surface area contributed by atoms with Crippen molar-refractivity contribution >= 4 is 28.7 Å². The molecule has 0 bridgehead atoms. The van der Waals surface area contributed by atoms with Crippen LogP contribution in [0, 0.1) is 6.92 Å². The van der Waals surface area contributed by atoms with Crippen molar-refractivity contribution in [3.8, 4) is 11.5 Å². The van der Waals surface area contributed by atoms with E-state index in [4.69, 9.17) is 9.47 Å². The molecule has 0 fully saturated rings. The first-order valence-corrected chi connectivity index (χ1v) is 13.5. The van der Waals surface area contributed by atoms with Gasteiger partial charge in [0.15, 0.2) is 5.60 Å². The molecule has 2 N–H and O–H groups in total. The maximum atomic E-state index is 13.3. The van der Waals surface area contributed by atoms with E-state index >= 15 is 0 Å². The summed E-state index contributed by atoms with van der Waals surface area (Å²) in [7, 11) is 0. The highest BCUT2D eigenvalue weighted by molar-refractivity contribution is 5.97. The summed E-state index contributed by atoms with van der Waals surface area (Å²) >= 11 is 0. The minimum atomic E-state index is -1.13. The lowest BCUT2D eigenvalue weighted by molar-refractivity contribution is 0.0224. The van der Waals surface area contributed by atoms with Crippen LogP contribution in [0.3, 0.4) is 0 Å². The third-order valence-corrected chi connectivity index (χ3v) is 7.76. The summed E-state index contributed by atoms with van der Waals surface area (Å²) in [6.07, 6.45) is 0.997. The molecule has 5 aromatic carbocycles. The Labute approximate surface area is 233 Å². The molecule has 196 valence electrons. The van der Waals surface area contributed by atoms with Crippen molar-refractivity contribution in [2.45, 2.75) is 25.9 Å². The normalized spacial score (nSPS) is 16.4. The number of para-hydroxylation sites is 1. The van der Waals surface area contributed by atoms with Gasteiger partial charge in [-0.05, 0) is 79.1 Å². The van der Waals surface area contributed by atoms with Crippen LogP contribution in [0.25, 0.3) is 0 Å². The number of rotatable bonds is 5. The molecule has 0 saturated heterocycles. The van der Waals surface area contributed by atoms with Crippen LogP contribution >= 0.6 is 0 Å². The van der Waals surface area contributed by atoms with Gasteiger partial charge in [-0.15, -0.1) is 0 Å². The third-order valence-electron chi connectivity index (χ3n) is 7.76. The Morgan fingerprint density at radius 1 is 0.675 bits per heavy atom. The zero-order valence-corrected chi connectivity index (χ0v) is 22.3.